The van der Waals surface area contributed by atoms with E-state index >= 15 is 0 Å². The van der Waals surface area contributed by atoms with Crippen LogP contribution < -0.4 is 0 Å². The van der Waals surface area contributed by atoms with E-state index in [0.717, 1.165) is 25.9 Å². The van der Waals surface area contributed by atoms with Crippen LogP contribution in [0.25, 0.3) is 0 Å². The summed E-state index contributed by atoms with van der Waals surface area (Å²) < 4.78 is 0. The zero-order valence-electron chi connectivity index (χ0n) is 10.6. The van der Waals surface area contributed by atoms with Gasteiger partial charge in [0.1, 0.15) is 5.75 Å². The fourth-order valence-electron chi connectivity index (χ4n) is 1.84. The van der Waals surface area contributed by atoms with Gasteiger partial charge in [0.05, 0.1) is 6.42 Å². The van der Waals surface area contributed by atoms with Crippen molar-refractivity contribution in [1.29, 1.82) is 0 Å². The number of phenolic OH excluding ortho intramolecular Hbond substituents is 1. The van der Waals surface area contributed by atoms with Crippen LogP contribution in [-0.2, 0) is 11.2 Å². The molecule has 0 bridgehead atoms. The van der Waals surface area contributed by atoms with Gasteiger partial charge in [0.25, 0.3) is 0 Å². The van der Waals surface area contributed by atoms with Crippen molar-refractivity contribution in [3.8, 4) is 5.75 Å². The molecule has 0 aliphatic heterocycles. The molecule has 1 aromatic rings. The van der Waals surface area contributed by atoms with E-state index in [1.807, 2.05) is 11.0 Å². The first-order valence-electron chi connectivity index (χ1n) is 6.23. The first-order valence-corrected chi connectivity index (χ1v) is 6.23. The van der Waals surface area contributed by atoms with E-state index in [2.05, 4.69) is 13.8 Å². The molecule has 0 saturated carbocycles. The highest BCUT2D eigenvalue weighted by atomic mass is 16.3. The third-order valence-corrected chi connectivity index (χ3v) is 2.67. The highest BCUT2D eigenvalue weighted by molar-refractivity contribution is 5.79. The van der Waals surface area contributed by atoms with Crippen LogP contribution in [0.1, 0.15) is 32.3 Å². The number of phenols is 1. The molecule has 0 spiro atoms. The lowest BCUT2D eigenvalue weighted by Crippen LogP contribution is -2.33. The van der Waals surface area contributed by atoms with E-state index in [0.29, 0.717) is 5.56 Å². The third kappa shape index (κ3) is 4.10. The van der Waals surface area contributed by atoms with Gasteiger partial charge in [-0.15, -0.1) is 0 Å². The average Bonchev–Trinajstić information content (AvgIpc) is 2.32. The minimum absolute atomic E-state index is 0.0928. The summed E-state index contributed by atoms with van der Waals surface area (Å²) in [5.41, 5.74) is 0.703. The van der Waals surface area contributed by atoms with E-state index in [9.17, 15) is 9.90 Å². The Hall–Kier alpha value is -1.51. The Kier molecular flexibility index (Phi) is 5.53. The average molecular weight is 235 g/mol. The third-order valence-electron chi connectivity index (χ3n) is 2.67. The van der Waals surface area contributed by atoms with Crippen LogP contribution in [0.3, 0.4) is 0 Å². The van der Waals surface area contributed by atoms with Crippen molar-refractivity contribution in [2.75, 3.05) is 13.1 Å². The number of aromatic hydroxyl groups is 1. The highest BCUT2D eigenvalue weighted by Crippen LogP contribution is 2.17. The SMILES string of the molecule is CCCN(CCC)C(=O)Cc1ccccc1O. The van der Waals surface area contributed by atoms with Crippen LogP contribution in [-0.4, -0.2) is 29.0 Å². The van der Waals surface area contributed by atoms with Crippen molar-refractivity contribution in [2.45, 2.75) is 33.1 Å². The van der Waals surface area contributed by atoms with Crippen molar-refractivity contribution in [3.05, 3.63) is 29.8 Å². The molecule has 0 heterocycles. The molecule has 3 heteroatoms. The molecule has 1 amide bonds. The quantitative estimate of drug-likeness (QED) is 0.823. The largest absolute Gasteiger partial charge is 0.508 e. The standard InChI is InChI=1S/C14H21NO2/c1-3-9-15(10-4-2)14(17)11-12-7-5-6-8-13(12)16/h5-8,16H,3-4,9-11H2,1-2H3. The molecule has 0 aliphatic rings. The molecule has 1 N–H and O–H groups in total. The van der Waals surface area contributed by atoms with Gasteiger partial charge in [0.15, 0.2) is 0 Å². The Bertz CT molecular complexity index is 357. The number of benzene rings is 1. The summed E-state index contributed by atoms with van der Waals surface area (Å²) in [6.07, 6.45) is 2.21. The van der Waals surface area contributed by atoms with E-state index in [1.165, 1.54) is 0 Å². The molecule has 94 valence electrons. The summed E-state index contributed by atoms with van der Waals surface area (Å²) in [7, 11) is 0. The summed E-state index contributed by atoms with van der Waals surface area (Å²) in [6.45, 7) is 5.71. The normalized spacial score (nSPS) is 10.2. The molecule has 0 atom stereocenters. The Balaban J connectivity index is 2.66. The van der Waals surface area contributed by atoms with Gasteiger partial charge in [-0.05, 0) is 18.9 Å². The lowest BCUT2D eigenvalue weighted by molar-refractivity contribution is -0.130. The molecule has 0 fully saturated rings. The minimum Gasteiger partial charge on any atom is -0.508 e. The maximum absolute atomic E-state index is 12.1. The lowest BCUT2D eigenvalue weighted by Gasteiger charge is -2.21. The Morgan fingerprint density at radius 2 is 1.76 bits per heavy atom. The first kappa shape index (κ1) is 13.6. The van der Waals surface area contributed by atoms with Gasteiger partial charge in [0.2, 0.25) is 5.91 Å². The van der Waals surface area contributed by atoms with Gasteiger partial charge in [-0.25, -0.2) is 0 Å². The van der Waals surface area contributed by atoms with Crippen molar-refractivity contribution in [3.63, 3.8) is 0 Å². The predicted molar refractivity (Wildman–Crippen MR) is 69.0 cm³/mol. The predicted octanol–water partition coefficient (Wildman–Crippen LogP) is 2.58. The molecule has 0 radical (unpaired) electrons. The van der Waals surface area contributed by atoms with E-state index in [1.54, 1.807) is 18.2 Å². The number of carbonyl (C=O) groups is 1. The van der Waals surface area contributed by atoms with Crippen LogP contribution in [0.15, 0.2) is 24.3 Å². The van der Waals surface area contributed by atoms with Crippen LogP contribution in [0.5, 0.6) is 5.75 Å². The second kappa shape index (κ2) is 6.94. The number of nitrogens with zero attached hydrogens (tertiary/aromatic N) is 1. The second-order valence-corrected chi connectivity index (χ2v) is 4.19. The molecular weight excluding hydrogens is 214 g/mol. The molecule has 1 rings (SSSR count). The highest BCUT2D eigenvalue weighted by Gasteiger charge is 2.13. The zero-order chi connectivity index (χ0) is 12.7. The minimum atomic E-state index is 0.0928. The van der Waals surface area contributed by atoms with Gasteiger partial charge in [-0.2, -0.15) is 0 Å². The van der Waals surface area contributed by atoms with Gasteiger partial charge in [-0.1, -0.05) is 32.0 Å². The maximum Gasteiger partial charge on any atom is 0.227 e. The van der Waals surface area contributed by atoms with Crippen LogP contribution in [0.4, 0.5) is 0 Å². The molecule has 1 aromatic carbocycles. The van der Waals surface area contributed by atoms with Crippen molar-refractivity contribution >= 4 is 5.91 Å². The molecule has 0 unspecified atom stereocenters. The van der Waals surface area contributed by atoms with Crippen molar-refractivity contribution < 1.29 is 9.90 Å². The molecular formula is C14H21NO2. The molecule has 0 saturated heterocycles. The Labute approximate surface area is 103 Å². The molecule has 3 nitrogen and oxygen atoms in total. The number of carbonyl (C=O) groups excluding carboxylic acids is 1. The number of hydrogen-bond donors (Lipinski definition) is 1. The lowest BCUT2D eigenvalue weighted by atomic mass is 10.1. The van der Waals surface area contributed by atoms with Gasteiger partial charge < -0.3 is 10.0 Å². The zero-order valence-corrected chi connectivity index (χ0v) is 10.6. The Morgan fingerprint density at radius 3 is 2.29 bits per heavy atom. The van der Waals surface area contributed by atoms with Crippen LogP contribution in [0.2, 0.25) is 0 Å². The topological polar surface area (TPSA) is 40.5 Å². The first-order chi connectivity index (χ1) is 8.19. The fraction of sp³-hybridized carbons (Fsp3) is 0.500. The summed E-state index contributed by atoms with van der Waals surface area (Å²) >= 11 is 0. The number of para-hydroxylation sites is 1. The number of hydrogen-bond acceptors (Lipinski definition) is 2. The maximum atomic E-state index is 12.1. The van der Waals surface area contributed by atoms with E-state index in [-0.39, 0.29) is 18.1 Å². The number of amides is 1. The number of rotatable bonds is 6. The molecule has 0 aromatic heterocycles. The second-order valence-electron chi connectivity index (χ2n) is 4.19. The van der Waals surface area contributed by atoms with Crippen molar-refractivity contribution in [1.82, 2.24) is 4.90 Å². The fourth-order valence-corrected chi connectivity index (χ4v) is 1.84. The van der Waals surface area contributed by atoms with E-state index in [4.69, 9.17) is 0 Å². The van der Waals surface area contributed by atoms with Gasteiger partial charge in [0, 0.05) is 18.7 Å². The van der Waals surface area contributed by atoms with Crippen LogP contribution >= 0.6 is 0 Å². The van der Waals surface area contributed by atoms with Gasteiger partial charge >= 0.3 is 0 Å². The smallest absolute Gasteiger partial charge is 0.227 e. The van der Waals surface area contributed by atoms with Crippen molar-refractivity contribution in [2.24, 2.45) is 0 Å². The summed E-state index contributed by atoms with van der Waals surface area (Å²) in [4.78, 5) is 13.9. The summed E-state index contributed by atoms with van der Waals surface area (Å²) in [6, 6.07) is 7.02. The van der Waals surface area contributed by atoms with Crippen LogP contribution in [0, 0.1) is 0 Å². The monoisotopic (exact) mass is 235 g/mol. The molecule has 17 heavy (non-hydrogen) atoms. The molecule has 0 aliphatic carbocycles. The summed E-state index contributed by atoms with van der Waals surface area (Å²) in [5.74, 6) is 0.295. The summed E-state index contributed by atoms with van der Waals surface area (Å²) in [5, 5.41) is 9.63. The van der Waals surface area contributed by atoms with E-state index < -0.39 is 0 Å². The Morgan fingerprint density at radius 1 is 1.18 bits per heavy atom. The van der Waals surface area contributed by atoms with Gasteiger partial charge in [-0.3, -0.25) is 4.79 Å².